The summed E-state index contributed by atoms with van der Waals surface area (Å²) >= 11 is 0. The minimum atomic E-state index is -4.98. The van der Waals surface area contributed by atoms with E-state index >= 15 is 0 Å². The van der Waals surface area contributed by atoms with Gasteiger partial charge in [0.15, 0.2) is 12.2 Å². The van der Waals surface area contributed by atoms with E-state index in [0.29, 0.717) is 25.7 Å². The van der Waals surface area contributed by atoms with Crippen molar-refractivity contribution in [2.75, 3.05) is 39.6 Å². The van der Waals surface area contributed by atoms with E-state index in [1.165, 1.54) is 89.9 Å². The molecule has 0 aliphatic carbocycles. The Morgan fingerprint density at radius 1 is 0.296 bits per heavy atom. The fourth-order valence-corrected chi connectivity index (χ4v) is 11.8. The van der Waals surface area contributed by atoms with Crippen LogP contribution in [0.3, 0.4) is 0 Å². The molecular formula is C79H138O17P2. The number of esters is 4. The molecule has 0 bridgehead atoms. The van der Waals surface area contributed by atoms with E-state index in [1.807, 2.05) is 0 Å². The van der Waals surface area contributed by atoms with E-state index in [1.54, 1.807) is 0 Å². The fraction of sp³-hybridized carbons (Fsp3) is 0.747. The number of aliphatic hydroxyl groups is 1. The van der Waals surface area contributed by atoms with Gasteiger partial charge in [-0.15, -0.1) is 0 Å². The van der Waals surface area contributed by atoms with Crippen molar-refractivity contribution in [3.63, 3.8) is 0 Å². The van der Waals surface area contributed by atoms with Crippen molar-refractivity contribution in [1.29, 1.82) is 0 Å². The van der Waals surface area contributed by atoms with Crippen molar-refractivity contribution in [2.24, 2.45) is 0 Å². The number of phosphoric ester groups is 2. The molecule has 0 saturated carbocycles. The molecule has 0 aliphatic rings. The maximum Gasteiger partial charge on any atom is 0.472 e. The van der Waals surface area contributed by atoms with Crippen LogP contribution in [-0.2, 0) is 65.4 Å². The lowest BCUT2D eigenvalue weighted by molar-refractivity contribution is -0.161. The molecule has 0 saturated heterocycles. The molecule has 0 aromatic rings. The second-order valence-electron chi connectivity index (χ2n) is 25.5. The third kappa shape index (κ3) is 70.4. The average Bonchev–Trinajstić information content (AvgIpc) is 0.959. The van der Waals surface area contributed by atoms with Crippen molar-refractivity contribution in [3.8, 4) is 0 Å². The van der Waals surface area contributed by atoms with Crippen molar-refractivity contribution in [3.05, 3.63) is 97.2 Å². The van der Waals surface area contributed by atoms with Crippen LogP contribution in [0.1, 0.15) is 323 Å². The summed E-state index contributed by atoms with van der Waals surface area (Å²) in [5, 5.41) is 10.6. The van der Waals surface area contributed by atoms with E-state index in [-0.39, 0.29) is 25.7 Å². The summed E-state index contributed by atoms with van der Waals surface area (Å²) in [6.45, 7) is 4.59. The van der Waals surface area contributed by atoms with Gasteiger partial charge in [0.05, 0.1) is 26.4 Å². The molecular weight excluding hydrogens is 1280 g/mol. The van der Waals surface area contributed by atoms with Gasteiger partial charge in [-0.05, 0) is 122 Å². The third-order valence-electron chi connectivity index (χ3n) is 16.0. The van der Waals surface area contributed by atoms with Gasteiger partial charge >= 0.3 is 39.5 Å². The second kappa shape index (κ2) is 71.4. The normalized spacial score (nSPS) is 14.5. The lowest BCUT2D eigenvalue weighted by atomic mass is 10.0. The monoisotopic (exact) mass is 1420 g/mol. The minimum absolute atomic E-state index is 0.0758. The van der Waals surface area contributed by atoms with Gasteiger partial charge < -0.3 is 33.8 Å². The highest BCUT2D eigenvalue weighted by Crippen LogP contribution is 2.45. The SMILES string of the molecule is CC/C=C\C/C=C\C/C=C\C/C=C\CCCCC(=O)OCC(COP(=O)(O)OCC(O)COP(=O)(O)OCC(COC(=O)CCCCCCC/C=C\C/C=C\C/C=C\CC)OC(=O)CCCCCCCCCCCCCCCCC)OC(=O)CCCCCCC/C=C\CCCCCC. The van der Waals surface area contributed by atoms with Crippen LogP contribution in [-0.4, -0.2) is 96.7 Å². The molecule has 3 N–H and O–H groups in total. The number of hydrogen-bond acceptors (Lipinski definition) is 15. The predicted octanol–water partition coefficient (Wildman–Crippen LogP) is 22.0. The number of aliphatic hydroxyl groups excluding tert-OH is 1. The second-order valence-corrected chi connectivity index (χ2v) is 28.4. The molecule has 5 atom stereocenters. The summed E-state index contributed by atoms with van der Waals surface area (Å²) in [5.74, 6) is -2.23. The number of unbranched alkanes of at least 4 members (excludes halogenated alkanes) is 30. The van der Waals surface area contributed by atoms with Gasteiger partial charge in [-0.1, -0.05) is 273 Å². The summed E-state index contributed by atoms with van der Waals surface area (Å²) < 4.78 is 68.4. The smallest absolute Gasteiger partial charge is 0.462 e. The van der Waals surface area contributed by atoms with Crippen molar-refractivity contribution in [1.82, 2.24) is 0 Å². The fourth-order valence-electron chi connectivity index (χ4n) is 10.2. The maximum atomic E-state index is 13.1. The molecule has 0 aromatic carbocycles. The van der Waals surface area contributed by atoms with Gasteiger partial charge in [0.2, 0.25) is 0 Å². The number of ether oxygens (including phenoxy) is 4. The van der Waals surface area contributed by atoms with Crippen LogP contribution in [0.15, 0.2) is 97.2 Å². The molecule has 5 unspecified atom stereocenters. The molecule has 98 heavy (non-hydrogen) atoms. The number of allylic oxidation sites excluding steroid dienone is 16. The number of rotatable bonds is 72. The molecule has 0 aromatic heterocycles. The van der Waals surface area contributed by atoms with Crippen LogP contribution in [0.5, 0.6) is 0 Å². The summed E-state index contributed by atoms with van der Waals surface area (Å²) in [4.78, 5) is 72.8. The Morgan fingerprint density at radius 2 is 0.531 bits per heavy atom. The van der Waals surface area contributed by atoms with E-state index in [2.05, 4.69) is 125 Å². The largest absolute Gasteiger partial charge is 0.472 e. The van der Waals surface area contributed by atoms with E-state index in [0.717, 1.165) is 154 Å². The van der Waals surface area contributed by atoms with Gasteiger partial charge in [-0.3, -0.25) is 37.3 Å². The van der Waals surface area contributed by atoms with Gasteiger partial charge in [-0.25, -0.2) is 9.13 Å². The standard InChI is InChI=1S/C79H138O17P2/c1-5-9-13-17-21-25-29-33-36-40-43-47-51-55-59-63-76(81)89-69-74(95-78(83)65-61-57-53-49-45-39-32-28-24-20-16-12-8-4)71-93-97(85,86)91-67-73(80)68-92-98(87,88)94-72-75(96-79(84)66-62-58-54-50-46-42-38-35-31-27-23-19-15-11-7-3)70-90-77(82)64-60-56-52-48-44-41-37-34-30-26-22-18-14-10-6-2/h9-10,13-14,21-22,25-26,28,32-34,36-37,43,47,73-75,80H,5-8,11-12,15-20,23-24,27,29-31,35,38-42,44-46,48-72H2,1-4H3,(H,85,86)(H,87,88)/b13-9-,14-10-,25-21-,26-22-,32-28-,36-33-,37-34-,47-43-. The molecule has 0 amide bonds. The molecule has 566 valence electrons. The first-order valence-electron chi connectivity index (χ1n) is 38.5. The molecule has 0 radical (unpaired) electrons. The summed E-state index contributed by atoms with van der Waals surface area (Å²) in [6, 6.07) is 0. The third-order valence-corrected chi connectivity index (χ3v) is 17.9. The van der Waals surface area contributed by atoms with Crippen LogP contribution in [0.25, 0.3) is 0 Å². The van der Waals surface area contributed by atoms with Gasteiger partial charge in [0, 0.05) is 25.7 Å². The van der Waals surface area contributed by atoms with E-state index < -0.39 is 97.5 Å². The lowest BCUT2D eigenvalue weighted by Crippen LogP contribution is -2.30. The molecule has 0 fully saturated rings. The van der Waals surface area contributed by atoms with Crippen LogP contribution in [0.2, 0.25) is 0 Å². The molecule has 19 heteroatoms. The number of carbonyl (C=O) groups is 4. The first-order valence-corrected chi connectivity index (χ1v) is 41.5. The maximum absolute atomic E-state index is 13.1. The minimum Gasteiger partial charge on any atom is -0.462 e. The Labute approximate surface area is 595 Å². The zero-order chi connectivity index (χ0) is 71.8. The molecule has 0 rings (SSSR count). The Morgan fingerprint density at radius 3 is 0.857 bits per heavy atom. The topological polar surface area (TPSA) is 237 Å². The van der Waals surface area contributed by atoms with Crippen LogP contribution >= 0.6 is 15.6 Å². The Bertz CT molecular complexity index is 2240. The zero-order valence-electron chi connectivity index (χ0n) is 61.7. The average molecular weight is 1420 g/mol. The van der Waals surface area contributed by atoms with Crippen LogP contribution in [0, 0.1) is 0 Å². The van der Waals surface area contributed by atoms with Gasteiger partial charge in [0.25, 0.3) is 0 Å². The highest BCUT2D eigenvalue weighted by Gasteiger charge is 2.30. The van der Waals surface area contributed by atoms with E-state index in [4.69, 9.17) is 37.0 Å². The van der Waals surface area contributed by atoms with Crippen molar-refractivity contribution >= 4 is 39.5 Å². The Kier molecular flexibility index (Phi) is 68.4. The highest BCUT2D eigenvalue weighted by molar-refractivity contribution is 7.47. The van der Waals surface area contributed by atoms with E-state index in [9.17, 15) is 43.2 Å². The molecule has 17 nitrogen and oxygen atoms in total. The Hall–Kier alpha value is -4.02. The highest BCUT2D eigenvalue weighted by atomic mass is 31.2. The lowest BCUT2D eigenvalue weighted by Gasteiger charge is -2.21. The van der Waals surface area contributed by atoms with Gasteiger partial charge in [-0.2, -0.15) is 0 Å². The molecule has 0 heterocycles. The number of phosphoric acid groups is 2. The summed E-state index contributed by atoms with van der Waals surface area (Å²) in [7, 11) is -9.96. The number of carbonyl (C=O) groups excluding carboxylic acids is 4. The zero-order valence-corrected chi connectivity index (χ0v) is 63.5. The Balaban J connectivity index is 5.38. The summed E-state index contributed by atoms with van der Waals surface area (Å²) in [6.07, 6.45) is 74.0. The quantitative estimate of drug-likeness (QED) is 0.0169. The van der Waals surface area contributed by atoms with Crippen molar-refractivity contribution < 1.29 is 80.2 Å². The first-order chi connectivity index (χ1) is 47.7. The van der Waals surface area contributed by atoms with Crippen LogP contribution < -0.4 is 0 Å². The first kappa shape index (κ1) is 94.0. The van der Waals surface area contributed by atoms with Crippen LogP contribution in [0.4, 0.5) is 0 Å². The summed E-state index contributed by atoms with van der Waals surface area (Å²) in [5.41, 5.74) is 0. The number of hydrogen-bond donors (Lipinski definition) is 3. The van der Waals surface area contributed by atoms with Gasteiger partial charge in [0.1, 0.15) is 19.3 Å². The predicted molar refractivity (Wildman–Crippen MR) is 399 cm³/mol. The molecule has 0 spiro atoms. The van der Waals surface area contributed by atoms with Crippen molar-refractivity contribution in [2.45, 2.75) is 341 Å². The molecule has 0 aliphatic heterocycles.